The third-order valence-corrected chi connectivity index (χ3v) is 2.31. The van der Waals surface area contributed by atoms with E-state index in [0.717, 1.165) is 6.42 Å². The van der Waals surface area contributed by atoms with E-state index in [1.54, 1.807) is 0 Å². The lowest BCUT2D eigenvalue weighted by atomic mass is 9.92. The molecule has 0 aliphatic rings. The van der Waals surface area contributed by atoms with Gasteiger partial charge >= 0.3 is 0 Å². The average molecular weight is 191 g/mol. The molecule has 0 atom stereocenters. The monoisotopic (exact) mass is 191 g/mol. The zero-order valence-electron chi connectivity index (χ0n) is 9.67. The molecule has 0 saturated heterocycles. The van der Waals surface area contributed by atoms with E-state index >= 15 is 0 Å². The van der Waals surface area contributed by atoms with Crippen molar-refractivity contribution >= 4 is 0 Å². The Morgan fingerprint density at radius 1 is 1.29 bits per heavy atom. The van der Waals surface area contributed by atoms with Crippen LogP contribution in [0.2, 0.25) is 0 Å². The summed E-state index contributed by atoms with van der Waals surface area (Å²) in [5.41, 5.74) is 8.43. The predicted octanol–water partition coefficient (Wildman–Crippen LogP) is 3.08. The van der Waals surface area contributed by atoms with Gasteiger partial charge in [-0.05, 0) is 37.3 Å². The van der Waals surface area contributed by atoms with E-state index in [2.05, 4.69) is 38.1 Å². The zero-order valence-corrected chi connectivity index (χ0v) is 9.67. The van der Waals surface area contributed by atoms with Crippen molar-refractivity contribution in [3.63, 3.8) is 0 Å². The van der Waals surface area contributed by atoms with Gasteiger partial charge in [-0.2, -0.15) is 0 Å². The average Bonchev–Trinajstić information content (AvgIpc) is 2.01. The molecule has 0 aromatic heterocycles. The topological polar surface area (TPSA) is 26.0 Å². The van der Waals surface area contributed by atoms with Crippen LogP contribution in [-0.4, -0.2) is 0 Å². The molecule has 1 nitrogen and oxygen atoms in total. The van der Waals surface area contributed by atoms with Crippen molar-refractivity contribution in [3.8, 4) is 0 Å². The summed E-state index contributed by atoms with van der Waals surface area (Å²) in [4.78, 5) is 0. The summed E-state index contributed by atoms with van der Waals surface area (Å²) >= 11 is 0. The van der Waals surface area contributed by atoms with Crippen molar-refractivity contribution in [3.05, 3.63) is 35.4 Å². The van der Waals surface area contributed by atoms with Crippen molar-refractivity contribution in [2.75, 3.05) is 0 Å². The second-order valence-corrected chi connectivity index (χ2v) is 5.02. The molecule has 2 N–H and O–H groups in total. The summed E-state index contributed by atoms with van der Waals surface area (Å²) in [6, 6.07) is 8.60. The molecule has 78 valence electrons. The number of rotatable bonds is 3. The van der Waals surface area contributed by atoms with E-state index in [0.29, 0.717) is 5.92 Å². The van der Waals surface area contributed by atoms with Gasteiger partial charge in [0, 0.05) is 5.54 Å². The summed E-state index contributed by atoms with van der Waals surface area (Å²) in [7, 11) is 0. The van der Waals surface area contributed by atoms with E-state index in [4.69, 9.17) is 5.73 Å². The molecule has 0 fully saturated rings. The highest BCUT2D eigenvalue weighted by Crippen LogP contribution is 2.19. The Bertz CT molecular complexity index is 294. The van der Waals surface area contributed by atoms with Crippen molar-refractivity contribution in [2.24, 2.45) is 11.7 Å². The van der Waals surface area contributed by atoms with Crippen LogP contribution in [0.4, 0.5) is 0 Å². The van der Waals surface area contributed by atoms with E-state index in [9.17, 15) is 0 Å². The molecule has 0 unspecified atom stereocenters. The smallest absolute Gasteiger partial charge is 0.0352 e. The van der Waals surface area contributed by atoms with Gasteiger partial charge in [0.1, 0.15) is 0 Å². The molecule has 0 radical (unpaired) electrons. The Morgan fingerprint density at radius 2 is 1.93 bits per heavy atom. The van der Waals surface area contributed by atoms with Crippen LogP contribution in [0.3, 0.4) is 0 Å². The first-order valence-electron chi connectivity index (χ1n) is 5.28. The number of benzene rings is 1. The Kier molecular flexibility index (Phi) is 3.33. The highest BCUT2D eigenvalue weighted by molar-refractivity contribution is 5.28. The molecule has 0 aliphatic heterocycles. The first-order chi connectivity index (χ1) is 6.39. The van der Waals surface area contributed by atoms with Gasteiger partial charge in [0.05, 0.1) is 0 Å². The van der Waals surface area contributed by atoms with Gasteiger partial charge in [0.2, 0.25) is 0 Å². The lowest BCUT2D eigenvalue weighted by molar-refractivity contribution is 0.552. The maximum atomic E-state index is 6.06. The van der Waals surface area contributed by atoms with Crippen LogP contribution in [0.1, 0.15) is 38.8 Å². The number of nitrogens with two attached hydrogens (primary N) is 1. The normalized spacial score (nSPS) is 12.1. The van der Waals surface area contributed by atoms with Crippen LogP contribution >= 0.6 is 0 Å². The van der Waals surface area contributed by atoms with Crippen LogP contribution in [0.5, 0.6) is 0 Å². The van der Waals surface area contributed by atoms with Gasteiger partial charge in [0.15, 0.2) is 0 Å². The minimum Gasteiger partial charge on any atom is -0.322 e. The first-order valence-corrected chi connectivity index (χ1v) is 5.28. The summed E-state index contributed by atoms with van der Waals surface area (Å²) in [6.45, 7) is 8.56. The van der Waals surface area contributed by atoms with Crippen LogP contribution in [0.15, 0.2) is 24.3 Å². The van der Waals surface area contributed by atoms with Crippen LogP contribution < -0.4 is 5.73 Å². The summed E-state index contributed by atoms with van der Waals surface area (Å²) in [5, 5.41) is 0. The highest BCUT2D eigenvalue weighted by Gasteiger charge is 2.13. The SMILES string of the molecule is CC(C)Cc1cccc(C(C)(C)N)c1. The number of hydrogen-bond donors (Lipinski definition) is 1. The van der Waals surface area contributed by atoms with Crippen molar-refractivity contribution in [2.45, 2.75) is 39.7 Å². The molecule has 1 heteroatoms. The van der Waals surface area contributed by atoms with E-state index < -0.39 is 0 Å². The maximum absolute atomic E-state index is 6.06. The maximum Gasteiger partial charge on any atom is 0.0352 e. The van der Waals surface area contributed by atoms with Crippen LogP contribution in [0, 0.1) is 5.92 Å². The van der Waals surface area contributed by atoms with Crippen molar-refractivity contribution < 1.29 is 0 Å². The third-order valence-electron chi connectivity index (χ3n) is 2.31. The molecule has 0 amide bonds. The van der Waals surface area contributed by atoms with Gasteiger partial charge in [-0.1, -0.05) is 38.1 Å². The van der Waals surface area contributed by atoms with Gasteiger partial charge in [-0.15, -0.1) is 0 Å². The largest absolute Gasteiger partial charge is 0.322 e. The third kappa shape index (κ3) is 3.15. The first kappa shape index (κ1) is 11.3. The fraction of sp³-hybridized carbons (Fsp3) is 0.538. The molecule has 14 heavy (non-hydrogen) atoms. The quantitative estimate of drug-likeness (QED) is 0.780. The molecular weight excluding hydrogens is 170 g/mol. The number of hydrogen-bond acceptors (Lipinski definition) is 1. The molecule has 0 saturated carbocycles. The second-order valence-electron chi connectivity index (χ2n) is 5.02. The Balaban J connectivity index is 2.90. The molecular formula is C13H21N. The van der Waals surface area contributed by atoms with Crippen LogP contribution in [-0.2, 0) is 12.0 Å². The van der Waals surface area contributed by atoms with E-state index in [1.807, 2.05) is 13.8 Å². The van der Waals surface area contributed by atoms with Gasteiger partial charge in [0.25, 0.3) is 0 Å². The summed E-state index contributed by atoms with van der Waals surface area (Å²) in [6.07, 6.45) is 1.13. The fourth-order valence-electron chi connectivity index (χ4n) is 1.57. The zero-order chi connectivity index (χ0) is 10.8. The van der Waals surface area contributed by atoms with Crippen molar-refractivity contribution in [1.29, 1.82) is 0 Å². The fourth-order valence-corrected chi connectivity index (χ4v) is 1.57. The molecule has 0 bridgehead atoms. The molecule has 1 rings (SSSR count). The molecule has 1 aromatic rings. The van der Waals surface area contributed by atoms with Gasteiger partial charge < -0.3 is 5.73 Å². The van der Waals surface area contributed by atoms with Gasteiger partial charge in [-0.25, -0.2) is 0 Å². The molecule has 1 aromatic carbocycles. The second kappa shape index (κ2) is 4.14. The molecule has 0 heterocycles. The Labute approximate surface area is 87.3 Å². The van der Waals surface area contributed by atoms with Gasteiger partial charge in [-0.3, -0.25) is 0 Å². The lowest BCUT2D eigenvalue weighted by Crippen LogP contribution is -2.28. The standard InChI is InChI=1S/C13H21N/c1-10(2)8-11-6-5-7-12(9-11)13(3,4)14/h5-7,9-10H,8,14H2,1-4H3. The highest BCUT2D eigenvalue weighted by atomic mass is 14.7. The predicted molar refractivity (Wildman–Crippen MR) is 62.2 cm³/mol. The minimum absolute atomic E-state index is 0.229. The molecule has 0 aliphatic carbocycles. The van der Waals surface area contributed by atoms with Crippen LogP contribution in [0.25, 0.3) is 0 Å². The van der Waals surface area contributed by atoms with E-state index in [-0.39, 0.29) is 5.54 Å². The summed E-state index contributed by atoms with van der Waals surface area (Å²) < 4.78 is 0. The summed E-state index contributed by atoms with van der Waals surface area (Å²) in [5.74, 6) is 0.700. The Hall–Kier alpha value is -0.820. The Morgan fingerprint density at radius 3 is 2.43 bits per heavy atom. The molecule has 0 spiro atoms. The van der Waals surface area contributed by atoms with E-state index in [1.165, 1.54) is 11.1 Å². The van der Waals surface area contributed by atoms with Crippen molar-refractivity contribution in [1.82, 2.24) is 0 Å². The minimum atomic E-state index is -0.229. The lowest BCUT2D eigenvalue weighted by Gasteiger charge is -2.20.